The number of aliphatic hydroxyl groups is 1. The van der Waals surface area contributed by atoms with Gasteiger partial charge in [0.1, 0.15) is 13.2 Å². The lowest BCUT2D eigenvalue weighted by Gasteiger charge is -2.18. The maximum absolute atomic E-state index is 8.72. The van der Waals surface area contributed by atoms with Gasteiger partial charge in [0.25, 0.3) is 0 Å². The summed E-state index contributed by atoms with van der Waals surface area (Å²) in [6, 6.07) is 5.93. The van der Waals surface area contributed by atoms with Gasteiger partial charge < -0.3 is 19.9 Å². The van der Waals surface area contributed by atoms with E-state index in [-0.39, 0.29) is 6.61 Å². The van der Waals surface area contributed by atoms with E-state index in [4.69, 9.17) is 14.6 Å². The van der Waals surface area contributed by atoms with Gasteiger partial charge in [-0.3, -0.25) is 0 Å². The molecular formula is C15H18N2O3S. The van der Waals surface area contributed by atoms with Crippen molar-refractivity contribution in [3.05, 3.63) is 28.6 Å². The van der Waals surface area contributed by atoms with E-state index in [1.54, 1.807) is 11.3 Å². The van der Waals surface area contributed by atoms with Gasteiger partial charge in [-0.1, -0.05) is 0 Å². The number of benzene rings is 1. The van der Waals surface area contributed by atoms with Crippen LogP contribution in [0, 0.1) is 0 Å². The lowest BCUT2D eigenvalue weighted by atomic mass is 10.1. The van der Waals surface area contributed by atoms with Gasteiger partial charge in [0, 0.05) is 30.5 Å². The highest BCUT2D eigenvalue weighted by Crippen LogP contribution is 2.34. The third kappa shape index (κ3) is 3.53. The largest absolute Gasteiger partial charge is 0.486 e. The van der Waals surface area contributed by atoms with Crippen molar-refractivity contribution in [1.29, 1.82) is 0 Å². The van der Waals surface area contributed by atoms with E-state index < -0.39 is 0 Å². The number of fused-ring (bicyclic) bond motifs is 1. The molecule has 2 heterocycles. The molecule has 0 amide bonds. The van der Waals surface area contributed by atoms with Gasteiger partial charge >= 0.3 is 0 Å². The number of thiazole rings is 1. The highest BCUT2D eigenvalue weighted by Gasteiger charge is 2.13. The molecule has 5 nitrogen and oxygen atoms in total. The molecule has 3 rings (SSSR count). The summed E-state index contributed by atoms with van der Waals surface area (Å²) < 4.78 is 11.1. The van der Waals surface area contributed by atoms with Gasteiger partial charge in [-0.05, 0) is 18.2 Å². The van der Waals surface area contributed by atoms with Crippen LogP contribution in [0.1, 0.15) is 5.01 Å². The highest BCUT2D eigenvalue weighted by molar-refractivity contribution is 7.09. The number of aromatic nitrogens is 1. The van der Waals surface area contributed by atoms with Crippen molar-refractivity contribution >= 4 is 11.3 Å². The Morgan fingerprint density at radius 2 is 2.05 bits per heavy atom. The fraction of sp³-hybridized carbons (Fsp3) is 0.400. The summed E-state index contributed by atoms with van der Waals surface area (Å²) in [5, 5.41) is 15.0. The van der Waals surface area contributed by atoms with Crippen LogP contribution in [0.15, 0.2) is 23.6 Å². The number of aliphatic hydroxyl groups excluding tert-OH is 1. The van der Waals surface area contributed by atoms with E-state index in [9.17, 15) is 0 Å². The molecule has 0 aliphatic carbocycles. The fourth-order valence-corrected chi connectivity index (χ4v) is 2.97. The topological polar surface area (TPSA) is 63.6 Å². The van der Waals surface area contributed by atoms with Gasteiger partial charge in [0.2, 0.25) is 0 Å². The Morgan fingerprint density at radius 3 is 2.90 bits per heavy atom. The van der Waals surface area contributed by atoms with Crippen molar-refractivity contribution < 1.29 is 14.6 Å². The second-order valence-corrected chi connectivity index (χ2v) is 5.65. The van der Waals surface area contributed by atoms with Crippen LogP contribution in [0.4, 0.5) is 0 Å². The van der Waals surface area contributed by atoms with Crippen LogP contribution in [0.2, 0.25) is 0 Å². The van der Waals surface area contributed by atoms with E-state index in [1.165, 1.54) is 0 Å². The molecule has 0 fully saturated rings. The lowest BCUT2D eigenvalue weighted by molar-refractivity contribution is 0.171. The third-order valence-electron chi connectivity index (χ3n) is 3.19. The first kappa shape index (κ1) is 14.3. The minimum absolute atomic E-state index is 0.167. The Kier molecular flexibility index (Phi) is 4.69. The number of ether oxygens (including phenoxy) is 2. The summed E-state index contributed by atoms with van der Waals surface area (Å²) >= 11 is 1.65. The average Bonchev–Trinajstić information content (AvgIpc) is 3.00. The van der Waals surface area contributed by atoms with Gasteiger partial charge in [0.15, 0.2) is 11.5 Å². The van der Waals surface area contributed by atoms with Gasteiger partial charge in [0.05, 0.1) is 17.3 Å². The van der Waals surface area contributed by atoms with Crippen molar-refractivity contribution in [2.45, 2.75) is 6.42 Å². The molecule has 1 aromatic carbocycles. The van der Waals surface area contributed by atoms with Crippen molar-refractivity contribution in [2.24, 2.45) is 0 Å². The second kappa shape index (κ2) is 6.89. The zero-order valence-corrected chi connectivity index (χ0v) is 12.5. The van der Waals surface area contributed by atoms with E-state index >= 15 is 0 Å². The molecule has 1 aliphatic heterocycles. The number of rotatable bonds is 6. The summed E-state index contributed by atoms with van der Waals surface area (Å²) in [6.45, 7) is 2.82. The molecule has 0 atom stereocenters. The van der Waals surface area contributed by atoms with E-state index in [2.05, 4.69) is 15.7 Å². The third-order valence-corrected chi connectivity index (χ3v) is 4.10. The number of nitrogens with zero attached hydrogens (tertiary/aromatic N) is 1. The fourth-order valence-electron chi connectivity index (χ4n) is 2.16. The molecule has 0 unspecified atom stereocenters. The summed E-state index contributed by atoms with van der Waals surface area (Å²) in [6.07, 6.45) is 0.870. The van der Waals surface area contributed by atoms with E-state index in [0.29, 0.717) is 19.8 Å². The summed E-state index contributed by atoms with van der Waals surface area (Å²) in [4.78, 5) is 4.65. The highest BCUT2D eigenvalue weighted by atomic mass is 32.1. The quantitative estimate of drug-likeness (QED) is 0.796. The Bertz CT molecular complexity index is 600. The number of hydrogen-bond donors (Lipinski definition) is 2. The molecule has 0 saturated heterocycles. The monoisotopic (exact) mass is 306 g/mol. The predicted molar refractivity (Wildman–Crippen MR) is 82.2 cm³/mol. The zero-order valence-electron chi connectivity index (χ0n) is 11.7. The van der Waals surface area contributed by atoms with Crippen molar-refractivity contribution in [2.75, 3.05) is 32.9 Å². The summed E-state index contributed by atoms with van der Waals surface area (Å²) in [5.74, 6) is 1.59. The smallest absolute Gasteiger partial charge is 0.162 e. The molecule has 6 heteroatoms. The second-order valence-electron chi connectivity index (χ2n) is 4.71. The average molecular weight is 306 g/mol. The first-order chi connectivity index (χ1) is 10.4. The Labute approximate surface area is 127 Å². The maximum atomic E-state index is 8.72. The molecular weight excluding hydrogens is 288 g/mol. The van der Waals surface area contributed by atoms with Crippen LogP contribution in [0.25, 0.3) is 11.3 Å². The molecule has 2 aromatic rings. The van der Waals surface area contributed by atoms with Gasteiger partial charge in [-0.25, -0.2) is 4.98 Å². The predicted octanol–water partition coefficient (Wildman–Crippen LogP) is 1.71. The molecule has 1 aromatic heterocycles. The van der Waals surface area contributed by atoms with Crippen molar-refractivity contribution in [3.8, 4) is 22.8 Å². The SMILES string of the molecule is OCCNCCc1nc(-c2ccc3c(c2)OCCO3)cs1. The molecule has 2 N–H and O–H groups in total. The molecule has 0 radical (unpaired) electrons. The normalized spacial score (nSPS) is 13.4. The number of nitrogens with one attached hydrogen (secondary N) is 1. The molecule has 112 valence electrons. The zero-order chi connectivity index (χ0) is 14.5. The van der Waals surface area contributed by atoms with Crippen LogP contribution in [0.3, 0.4) is 0 Å². The van der Waals surface area contributed by atoms with E-state index in [1.807, 2.05) is 18.2 Å². The van der Waals surface area contributed by atoms with Gasteiger partial charge in [-0.2, -0.15) is 0 Å². The molecule has 1 aliphatic rings. The number of hydrogen-bond acceptors (Lipinski definition) is 6. The van der Waals surface area contributed by atoms with Crippen LogP contribution in [-0.2, 0) is 6.42 Å². The maximum Gasteiger partial charge on any atom is 0.162 e. The van der Waals surface area contributed by atoms with Crippen molar-refractivity contribution in [3.63, 3.8) is 0 Å². The first-order valence-corrected chi connectivity index (χ1v) is 7.91. The lowest BCUT2D eigenvalue weighted by Crippen LogP contribution is -2.20. The molecule has 21 heavy (non-hydrogen) atoms. The Hall–Kier alpha value is -1.63. The molecule has 0 bridgehead atoms. The Balaban J connectivity index is 1.68. The van der Waals surface area contributed by atoms with Crippen LogP contribution in [0.5, 0.6) is 11.5 Å². The van der Waals surface area contributed by atoms with Crippen LogP contribution in [-0.4, -0.2) is 43.0 Å². The molecule has 0 saturated carbocycles. The van der Waals surface area contributed by atoms with Crippen LogP contribution < -0.4 is 14.8 Å². The Morgan fingerprint density at radius 1 is 1.19 bits per heavy atom. The van der Waals surface area contributed by atoms with Crippen molar-refractivity contribution in [1.82, 2.24) is 10.3 Å². The summed E-state index contributed by atoms with van der Waals surface area (Å²) in [5.41, 5.74) is 2.01. The minimum atomic E-state index is 0.167. The van der Waals surface area contributed by atoms with Gasteiger partial charge in [-0.15, -0.1) is 11.3 Å². The standard InChI is InChI=1S/C15H18N2O3S/c18-6-5-16-4-3-15-17-12(10-21-15)11-1-2-13-14(9-11)20-8-7-19-13/h1-2,9-10,16,18H,3-8H2. The molecule has 0 spiro atoms. The minimum Gasteiger partial charge on any atom is -0.486 e. The summed E-state index contributed by atoms with van der Waals surface area (Å²) in [7, 11) is 0. The first-order valence-electron chi connectivity index (χ1n) is 7.03. The van der Waals surface area contributed by atoms with E-state index in [0.717, 1.165) is 40.7 Å². The van der Waals surface area contributed by atoms with Crippen LogP contribution >= 0.6 is 11.3 Å².